The highest BCUT2D eigenvalue weighted by molar-refractivity contribution is 7.98. The van der Waals surface area contributed by atoms with Gasteiger partial charge in [0.15, 0.2) is 0 Å². The van der Waals surface area contributed by atoms with Gasteiger partial charge in [-0.3, -0.25) is 4.90 Å². The van der Waals surface area contributed by atoms with Gasteiger partial charge in [-0.05, 0) is 30.4 Å². The van der Waals surface area contributed by atoms with Gasteiger partial charge in [-0.15, -0.1) is 11.8 Å². The Labute approximate surface area is 171 Å². The van der Waals surface area contributed by atoms with Crippen molar-refractivity contribution in [1.29, 1.82) is 0 Å². The number of amides is 2. The lowest BCUT2D eigenvalue weighted by molar-refractivity contribution is -0.139. The number of hydrogen-bond acceptors (Lipinski definition) is 4. The number of halogens is 3. The van der Waals surface area contributed by atoms with Crippen LogP contribution in [-0.4, -0.2) is 39.2 Å². The highest BCUT2D eigenvalue weighted by atomic mass is 32.2. The molecule has 2 aromatic carbocycles. The van der Waals surface area contributed by atoms with Crippen molar-refractivity contribution in [1.82, 2.24) is 0 Å². The first-order valence-electron chi connectivity index (χ1n) is 8.92. The Morgan fingerprint density at radius 2 is 2.00 bits per heavy atom. The van der Waals surface area contributed by atoms with Gasteiger partial charge in [-0.25, -0.2) is 4.79 Å². The average molecular weight is 426 g/mol. The lowest BCUT2D eigenvalue weighted by atomic mass is 10.1. The van der Waals surface area contributed by atoms with E-state index < -0.39 is 17.8 Å². The van der Waals surface area contributed by atoms with Crippen LogP contribution in [0.25, 0.3) is 0 Å². The first kappa shape index (κ1) is 21.3. The molecule has 0 unspecified atom stereocenters. The van der Waals surface area contributed by atoms with E-state index in [1.165, 1.54) is 24.1 Å². The minimum Gasteiger partial charge on any atom is -0.491 e. The molecule has 2 amide bonds. The van der Waals surface area contributed by atoms with E-state index in [0.717, 1.165) is 17.3 Å². The predicted octanol–water partition coefficient (Wildman–Crippen LogP) is 5.05. The van der Waals surface area contributed by atoms with Crippen molar-refractivity contribution in [2.24, 2.45) is 0 Å². The summed E-state index contributed by atoms with van der Waals surface area (Å²) >= 11 is 0.942. The van der Waals surface area contributed by atoms with E-state index in [1.807, 2.05) is 12.1 Å². The van der Waals surface area contributed by atoms with Crippen LogP contribution >= 0.6 is 11.8 Å². The molecule has 0 aromatic heterocycles. The van der Waals surface area contributed by atoms with Crippen LogP contribution in [0, 0.1) is 0 Å². The van der Waals surface area contributed by atoms with Crippen molar-refractivity contribution in [3.8, 4) is 5.75 Å². The molecule has 29 heavy (non-hydrogen) atoms. The molecule has 0 spiro atoms. The molecule has 0 atom stereocenters. The second-order valence-corrected chi connectivity index (χ2v) is 7.20. The number of carbonyl (C=O) groups excluding carboxylic acids is 1. The summed E-state index contributed by atoms with van der Waals surface area (Å²) in [5.74, 6) is 0.233. The summed E-state index contributed by atoms with van der Waals surface area (Å²) in [7, 11) is 1.50. The highest BCUT2D eigenvalue weighted by Gasteiger charge is 2.38. The summed E-state index contributed by atoms with van der Waals surface area (Å²) in [4.78, 5) is 14.2. The standard InChI is InChI=1S/C20H21F3N2O3S/c1-27-9-10-28-14-11-15(18(20(21,22)23)17(12-14)29-2)24-19(26)25-8-7-13-5-3-4-6-16(13)25/h3-6,11-12H,7-10H2,1-2H3,(H,24,26). The zero-order chi connectivity index (χ0) is 21.0. The van der Waals surface area contributed by atoms with Crippen LogP contribution < -0.4 is 15.0 Å². The fourth-order valence-electron chi connectivity index (χ4n) is 3.20. The lowest BCUT2D eigenvalue weighted by Crippen LogP contribution is -2.34. The second kappa shape index (κ2) is 8.96. The average Bonchev–Trinajstić information content (AvgIpc) is 3.11. The quantitative estimate of drug-likeness (QED) is 0.519. The van der Waals surface area contributed by atoms with E-state index in [9.17, 15) is 18.0 Å². The smallest absolute Gasteiger partial charge is 0.419 e. The number of carbonyl (C=O) groups is 1. The van der Waals surface area contributed by atoms with Gasteiger partial charge in [0, 0.05) is 30.3 Å². The van der Waals surface area contributed by atoms with E-state index in [0.29, 0.717) is 25.3 Å². The summed E-state index contributed by atoms with van der Waals surface area (Å²) in [5.41, 5.74) is 0.479. The van der Waals surface area contributed by atoms with Crippen molar-refractivity contribution < 1.29 is 27.4 Å². The van der Waals surface area contributed by atoms with Gasteiger partial charge in [0.25, 0.3) is 0 Å². The molecule has 0 saturated carbocycles. The van der Waals surface area contributed by atoms with Gasteiger partial charge < -0.3 is 14.8 Å². The summed E-state index contributed by atoms with van der Waals surface area (Å²) in [6.45, 7) is 0.885. The maximum atomic E-state index is 13.8. The van der Waals surface area contributed by atoms with E-state index in [2.05, 4.69) is 5.32 Å². The Kier molecular flexibility index (Phi) is 6.59. The molecule has 1 aliphatic heterocycles. The van der Waals surface area contributed by atoms with Crippen LogP contribution in [-0.2, 0) is 17.3 Å². The number of hydrogen-bond donors (Lipinski definition) is 1. The largest absolute Gasteiger partial charge is 0.491 e. The SMILES string of the molecule is COCCOc1cc(NC(=O)N2CCc3ccccc32)c(C(F)(F)F)c(SC)c1. The summed E-state index contributed by atoms with van der Waals surface area (Å²) in [5, 5.41) is 2.45. The molecule has 1 aliphatic rings. The van der Waals surface area contributed by atoms with Crippen molar-refractivity contribution in [3.05, 3.63) is 47.5 Å². The lowest BCUT2D eigenvalue weighted by Gasteiger charge is -2.22. The molecule has 0 fully saturated rings. The van der Waals surface area contributed by atoms with Crippen molar-refractivity contribution in [2.45, 2.75) is 17.5 Å². The minimum absolute atomic E-state index is 0.0236. The van der Waals surface area contributed by atoms with Crippen LogP contribution in [0.15, 0.2) is 41.3 Å². The van der Waals surface area contributed by atoms with Crippen molar-refractivity contribution in [2.75, 3.05) is 43.3 Å². The third kappa shape index (κ3) is 4.79. The molecule has 0 aliphatic carbocycles. The molecule has 3 rings (SSSR count). The summed E-state index contributed by atoms with van der Waals surface area (Å²) < 4.78 is 51.7. The van der Waals surface area contributed by atoms with E-state index in [4.69, 9.17) is 9.47 Å². The molecule has 0 radical (unpaired) electrons. The van der Waals surface area contributed by atoms with Crippen LogP contribution in [0.3, 0.4) is 0 Å². The molecule has 0 saturated heterocycles. The van der Waals surface area contributed by atoms with Gasteiger partial charge >= 0.3 is 12.2 Å². The van der Waals surface area contributed by atoms with Crippen molar-refractivity contribution in [3.63, 3.8) is 0 Å². The first-order chi connectivity index (χ1) is 13.8. The highest BCUT2D eigenvalue weighted by Crippen LogP contribution is 2.43. The number of para-hydroxylation sites is 1. The Bertz CT molecular complexity index is 890. The second-order valence-electron chi connectivity index (χ2n) is 6.35. The molecular weight excluding hydrogens is 405 g/mol. The molecule has 1 N–H and O–H groups in total. The topological polar surface area (TPSA) is 50.8 Å². The van der Waals surface area contributed by atoms with Crippen LogP contribution in [0.4, 0.5) is 29.3 Å². The number of methoxy groups -OCH3 is 1. The van der Waals surface area contributed by atoms with Crippen molar-refractivity contribution >= 4 is 29.2 Å². The molecule has 5 nitrogen and oxygen atoms in total. The molecule has 9 heteroatoms. The van der Waals surface area contributed by atoms with Gasteiger partial charge in [-0.1, -0.05) is 18.2 Å². The maximum Gasteiger partial charge on any atom is 0.419 e. The number of anilines is 2. The van der Waals surface area contributed by atoms with Crippen LogP contribution in [0.2, 0.25) is 0 Å². The fraction of sp³-hybridized carbons (Fsp3) is 0.350. The number of nitrogens with one attached hydrogen (secondary N) is 1. The van der Waals surface area contributed by atoms with E-state index in [1.54, 1.807) is 18.4 Å². The number of benzene rings is 2. The monoisotopic (exact) mass is 426 g/mol. The number of fused-ring (bicyclic) bond motifs is 1. The molecule has 2 aromatic rings. The van der Waals surface area contributed by atoms with Crippen LogP contribution in [0.5, 0.6) is 5.75 Å². The van der Waals surface area contributed by atoms with Crippen LogP contribution in [0.1, 0.15) is 11.1 Å². The predicted molar refractivity (Wildman–Crippen MR) is 107 cm³/mol. The summed E-state index contributed by atoms with van der Waals surface area (Å²) in [6.07, 6.45) is -2.42. The molecule has 1 heterocycles. The Balaban J connectivity index is 1.93. The van der Waals surface area contributed by atoms with Gasteiger partial charge in [0.05, 0.1) is 17.9 Å². The zero-order valence-electron chi connectivity index (χ0n) is 16.0. The third-order valence-corrected chi connectivity index (χ3v) is 5.27. The number of rotatable bonds is 6. The maximum absolute atomic E-state index is 13.8. The zero-order valence-corrected chi connectivity index (χ0v) is 16.8. The Morgan fingerprint density at radius 1 is 1.24 bits per heavy atom. The normalized spacial score (nSPS) is 13.3. The van der Waals surface area contributed by atoms with E-state index in [-0.39, 0.29) is 22.9 Å². The summed E-state index contributed by atoms with van der Waals surface area (Å²) in [6, 6.07) is 9.27. The fourth-order valence-corrected chi connectivity index (χ4v) is 3.86. The first-order valence-corrected chi connectivity index (χ1v) is 10.1. The Hall–Kier alpha value is -2.39. The van der Waals surface area contributed by atoms with Gasteiger partial charge in [0.2, 0.25) is 0 Å². The Morgan fingerprint density at radius 3 is 2.69 bits per heavy atom. The number of alkyl halides is 3. The van der Waals surface area contributed by atoms with Gasteiger partial charge in [0.1, 0.15) is 12.4 Å². The number of thioether (sulfide) groups is 1. The van der Waals surface area contributed by atoms with E-state index >= 15 is 0 Å². The number of ether oxygens (including phenoxy) is 2. The molecule has 156 valence electrons. The minimum atomic E-state index is -4.63. The number of nitrogens with zero attached hydrogens (tertiary/aromatic N) is 1. The van der Waals surface area contributed by atoms with Gasteiger partial charge in [-0.2, -0.15) is 13.2 Å². The molecule has 0 bridgehead atoms. The molecular formula is C20H21F3N2O3S. The number of urea groups is 1. The third-order valence-electron chi connectivity index (χ3n) is 4.51.